The number of carbonyl (C=O) groups excluding carboxylic acids is 3. The molecule has 1 aliphatic rings. The van der Waals surface area contributed by atoms with E-state index in [1.165, 1.54) is 6.20 Å². The normalized spacial score (nSPS) is 14.9. The molecule has 1 N–H and O–H groups in total. The van der Waals surface area contributed by atoms with Crippen molar-refractivity contribution < 1.29 is 14.4 Å². The molecule has 0 spiro atoms. The summed E-state index contributed by atoms with van der Waals surface area (Å²) in [6, 6.07) is 14.8. The Morgan fingerprint density at radius 3 is 2.61 bits per heavy atom. The molecule has 4 rings (SSSR count). The third kappa shape index (κ3) is 5.20. The summed E-state index contributed by atoms with van der Waals surface area (Å²) in [5.74, 6) is -0.592. The number of amides is 3. The van der Waals surface area contributed by atoms with Crippen LogP contribution in [0, 0.1) is 6.92 Å². The lowest BCUT2D eigenvalue weighted by Crippen LogP contribution is -2.37. The Balaban J connectivity index is 1.29. The molecule has 33 heavy (non-hydrogen) atoms. The van der Waals surface area contributed by atoms with Crippen molar-refractivity contribution in [2.45, 2.75) is 19.9 Å². The van der Waals surface area contributed by atoms with E-state index in [0.29, 0.717) is 22.4 Å². The van der Waals surface area contributed by atoms with Crippen LogP contribution in [0.15, 0.2) is 64.4 Å². The predicted octanol–water partition coefficient (Wildman–Crippen LogP) is 2.95. The quantitative estimate of drug-likeness (QED) is 0.542. The molecule has 1 fully saturated rings. The van der Waals surface area contributed by atoms with Gasteiger partial charge in [-0.2, -0.15) is 5.10 Å². The van der Waals surface area contributed by atoms with Crippen LogP contribution in [0.3, 0.4) is 0 Å². The molecule has 0 bridgehead atoms. The Bertz CT molecular complexity index is 1310. The van der Waals surface area contributed by atoms with E-state index in [-0.39, 0.29) is 42.0 Å². The van der Waals surface area contributed by atoms with Gasteiger partial charge in [0.15, 0.2) is 0 Å². The topological polar surface area (TPSA) is 101 Å². The molecular formula is C24H22N4O4S. The summed E-state index contributed by atoms with van der Waals surface area (Å²) in [7, 11) is 0. The summed E-state index contributed by atoms with van der Waals surface area (Å²) in [6.45, 7) is 2.53. The Labute approximate surface area is 194 Å². The van der Waals surface area contributed by atoms with Gasteiger partial charge in [-0.25, -0.2) is 0 Å². The van der Waals surface area contributed by atoms with Gasteiger partial charge in [0.1, 0.15) is 0 Å². The number of rotatable bonds is 7. The van der Waals surface area contributed by atoms with Crippen LogP contribution in [-0.4, -0.2) is 44.8 Å². The minimum atomic E-state index is -0.358. The minimum absolute atomic E-state index is 0.0981. The fourth-order valence-corrected chi connectivity index (χ4v) is 4.31. The van der Waals surface area contributed by atoms with Crippen molar-refractivity contribution in [3.05, 3.63) is 81.0 Å². The van der Waals surface area contributed by atoms with Gasteiger partial charge in [-0.3, -0.25) is 28.8 Å². The molecule has 1 aromatic heterocycles. The molecule has 0 atom stereocenters. The first-order valence-corrected chi connectivity index (χ1v) is 11.3. The third-order valence-corrected chi connectivity index (χ3v) is 6.13. The second-order valence-corrected chi connectivity index (χ2v) is 8.59. The van der Waals surface area contributed by atoms with Crippen molar-refractivity contribution in [2.75, 3.05) is 13.1 Å². The summed E-state index contributed by atoms with van der Waals surface area (Å²) < 4.78 is 1.61. The van der Waals surface area contributed by atoms with Crippen LogP contribution in [0.1, 0.15) is 17.5 Å². The van der Waals surface area contributed by atoms with E-state index in [4.69, 9.17) is 0 Å². The van der Waals surface area contributed by atoms with Gasteiger partial charge >= 0.3 is 0 Å². The second-order valence-electron chi connectivity index (χ2n) is 7.59. The highest BCUT2D eigenvalue weighted by Crippen LogP contribution is 2.31. The van der Waals surface area contributed by atoms with Gasteiger partial charge in [0.2, 0.25) is 11.3 Å². The number of aromatic nitrogens is 2. The fraction of sp³-hybridized carbons (Fsp3) is 0.208. The molecule has 0 unspecified atom stereocenters. The number of para-hydroxylation sites is 1. The van der Waals surface area contributed by atoms with Gasteiger partial charge in [0.25, 0.3) is 11.1 Å². The number of hydrogen-bond donors (Lipinski definition) is 1. The van der Waals surface area contributed by atoms with Crippen molar-refractivity contribution in [1.29, 1.82) is 0 Å². The highest BCUT2D eigenvalue weighted by Gasteiger charge is 2.34. The van der Waals surface area contributed by atoms with E-state index >= 15 is 0 Å². The van der Waals surface area contributed by atoms with E-state index in [2.05, 4.69) is 10.4 Å². The molecule has 0 saturated carbocycles. The van der Waals surface area contributed by atoms with E-state index in [1.54, 1.807) is 29.0 Å². The zero-order chi connectivity index (χ0) is 23.4. The molecule has 168 valence electrons. The van der Waals surface area contributed by atoms with Gasteiger partial charge in [-0.1, -0.05) is 42.0 Å². The number of carbonyl (C=O) groups is 3. The average Bonchev–Trinajstić information content (AvgIpc) is 3.07. The van der Waals surface area contributed by atoms with Crippen LogP contribution in [0.5, 0.6) is 0 Å². The van der Waals surface area contributed by atoms with Crippen molar-refractivity contribution in [3.8, 4) is 0 Å². The number of nitrogens with zero attached hydrogens (tertiary/aromatic N) is 3. The Kier molecular flexibility index (Phi) is 6.69. The summed E-state index contributed by atoms with van der Waals surface area (Å²) in [6.07, 6.45) is 3.09. The molecule has 2 aromatic carbocycles. The molecule has 0 aliphatic carbocycles. The number of fused-ring (bicyclic) bond motifs is 1. The molecule has 3 aromatic rings. The maximum absolute atomic E-state index is 12.6. The smallest absolute Gasteiger partial charge is 0.293 e. The molecule has 2 heterocycles. The number of aryl methyl sites for hydroxylation is 2. The lowest BCUT2D eigenvalue weighted by Gasteiger charge is -2.13. The molecule has 0 radical (unpaired) electrons. The van der Waals surface area contributed by atoms with E-state index in [1.807, 2.05) is 37.3 Å². The highest BCUT2D eigenvalue weighted by molar-refractivity contribution is 8.18. The van der Waals surface area contributed by atoms with Crippen LogP contribution >= 0.6 is 11.8 Å². The summed E-state index contributed by atoms with van der Waals surface area (Å²) >= 11 is 0.898. The van der Waals surface area contributed by atoms with E-state index in [9.17, 15) is 19.2 Å². The van der Waals surface area contributed by atoms with E-state index < -0.39 is 0 Å². The number of benzene rings is 2. The fourth-order valence-electron chi connectivity index (χ4n) is 3.45. The summed E-state index contributed by atoms with van der Waals surface area (Å²) in [5, 5.41) is 7.04. The molecule has 9 heteroatoms. The highest BCUT2D eigenvalue weighted by atomic mass is 32.2. The van der Waals surface area contributed by atoms with Crippen molar-refractivity contribution in [1.82, 2.24) is 20.0 Å². The van der Waals surface area contributed by atoms with Crippen LogP contribution in [0.25, 0.3) is 17.0 Å². The first-order chi connectivity index (χ1) is 15.9. The van der Waals surface area contributed by atoms with Crippen LogP contribution < -0.4 is 10.7 Å². The monoisotopic (exact) mass is 462 g/mol. The van der Waals surface area contributed by atoms with Crippen molar-refractivity contribution >= 4 is 45.8 Å². The van der Waals surface area contributed by atoms with E-state index in [0.717, 1.165) is 27.8 Å². The van der Waals surface area contributed by atoms with Gasteiger partial charge in [-0.15, -0.1) is 0 Å². The first kappa shape index (κ1) is 22.5. The maximum atomic E-state index is 12.6. The van der Waals surface area contributed by atoms with Gasteiger partial charge < -0.3 is 5.32 Å². The summed E-state index contributed by atoms with van der Waals surface area (Å²) in [5.41, 5.74) is 2.46. The van der Waals surface area contributed by atoms with Gasteiger partial charge in [0.05, 0.1) is 23.2 Å². The lowest BCUT2D eigenvalue weighted by molar-refractivity contribution is -0.124. The van der Waals surface area contributed by atoms with Crippen LogP contribution in [-0.2, 0) is 16.1 Å². The third-order valence-electron chi connectivity index (χ3n) is 5.22. The van der Waals surface area contributed by atoms with Crippen molar-refractivity contribution in [3.63, 3.8) is 0 Å². The average molecular weight is 463 g/mol. The molecule has 8 nitrogen and oxygen atoms in total. The first-order valence-electron chi connectivity index (χ1n) is 10.5. The largest absolute Gasteiger partial charge is 0.354 e. The van der Waals surface area contributed by atoms with Crippen molar-refractivity contribution in [2.24, 2.45) is 0 Å². The lowest BCUT2D eigenvalue weighted by atomic mass is 10.1. The summed E-state index contributed by atoms with van der Waals surface area (Å²) in [4.78, 5) is 50.5. The Morgan fingerprint density at radius 1 is 1.06 bits per heavy atom. The van der Waals surface area contributed by atoms with Crippen LogP contribution in [0.4, 0.5) is 4.79 Å². The molecule has 1 aliphatic heterocycles. The Morgan fingerprint density at radius 2 is 1.82 bits per heavy atom. The minimum Gasteiger partial charge on any atom is -0.354 e. The number of imide groups is 1. The number of hydrogen-bond acceptors (Lipinski definition) is 6. The molecule has 3 amide bonds. The number of thioether (sulfide) groups is 1. The second kappa shape index (κ2) is 9.83. The SMILES string of the molecule is Cc1ccc(C=C2SC(=O)N(CCNC(=O)CCn3ncc(=O)c4ccccc43)C2=O)cc1. The predicted molar refractivity (Wildman–Crippen MR) is 127 cm³/mol. The maximum Gasteiger partial charge on any atom is 0.293 e. The standard InChI is InChI=1S/C24H22N4O4S/c1-16-6-8-17(9-7-16)14-21-23(31)27(24(32)33-21)13-11-25-22(30)10-12-28-19-5-3-2-4-18(19)20(29)15-26-28/h2-9,14-15H,10-13H2,1H3,(H,25,30). The zero-order valence-electron chi connectivity index (χ0n) is 18.0. The molecule has 1 saturated heterocycles. The van der Waals surface area contributed by atoms with Gasteiger partial charge in [-0.05, 0) is 42.5 Å². The number of nitrogens with one attached hydrogen (secondary N) is 1. The zero-order valence-corrected chi connectivity index (χ0v) is 18.8. The van der Waals surface area contributed by atoms with Gasteiger partial charge in [0, 0.05) is 24.9 Å². The van der Waals surface area contributed by atoms with Crippen LogP contribution in [0.2, 0.25) is 0 Å². The Hall–Kier alpha value is -3.72. The molecular weight excluding hydrogens is 440 g/mol.